The van der Waals surface area contributed by atoms with Gasteiger partial charge in [0.15, 0.2) is 5.17 Å². The van der Waals surface area contributed by atoms with E-state index in [1.54, 1.807) is 12.1 Å². The molecule has 0 aliphatic carbocycles. The lowest BCUT2D eigenvalue weighted by molar-refractivity contribution is -0.167. The van der Waals surface area contributed by atoms with Crippen molar-refractivity contribution >= 4 is 34.2 Å². The van der Waals surface area contributed by atoms with E-state index in [0.29, 0.717) is 0 Å². The van der Waals surface area contributed by atoms with Crippen molar-refractivity contribution in [3.63, 3.8) is 0 Å². The summed E-state index contributed by atoms with van der Waals surface area (Å²) in [5.41, 5.74) is 1.96. The van der Waals surface area contributed by atoms with Crippen LogP contribution in [0.1, 0.15) is 5.56 Å². The number of benzene rings is 1. The van der Waals surface area contributed by atoms with Crippen LogP contribution in [-0.2, 0) is 4.79 Å². The van der Waals surface area contributed by atoms with E-state index in [1.165, 1.54) is 23.9 Å². The van der Waals surface area contributed by atoms with Gasteiger partial charge in [-0.2, -0.15) is 13.2 Å². The Hall–Kier alpha value is -1.96. The minimum atomic E-state index is -4.88. The van der Waals surface area contributed by atoms with Gasteiger partial charge >= 0.3 is 12.1 Å². The fourth-order valence-corrected chi connectivity index (χ4v) is 3.04. The van der Waals surface area contributed by atoms with Gasteiger partial charge in [-0.05, 0) is 17.7 Å². The first-order valence-corrected chi connectivity index (χ1v) is 7.00. The highest BCUT2D eigenvalue weighted by molar-refractivity contribution is 8.16. The molecule has 0 spiro atoms. The standard InChI is InChI=1S/C13H10F3N3OS/c14-13(15,16)11(20)18-9-3-1-8(2-4-9)10-7-21-12-17-5-6-19(10)12/h1-4,7H,5-6H2,(H,18,20). The molecule has 0 atom stereocenters. The van der Waals surface area contributed by atoms with Crippen LogP contribution in [-0.4, -0.2) is 35.2 Å². The number of carbonyl (C=O) groups excluding carboxylic acids is 1. The smallest absolute Gasteiger partial charge is 0.318 e. The molecule has 3 rings (SSSR count). The molecule has 110 valence electrons. The molecule has 1 aromatic carbocycles. The van der Waals surface area contributed by atoms with Crippen molar-refractivity contribution in [3.05, 3.63) is 35.2 Å². The first-order chi connectivity index (χ1) is 9.95. The number of amidine groups is 1. The summed E-state index contributed by atoms with van der Waals surface area (Å²) in [4.78, 5) is 17.2. The largest absolute Gasteiger partial charge is 0.471 e. The molecule has 0 radical (unpaired) electrons. The van der Waals surface area contributed by atoms with E-state index < -0.39 is 12.1 Å². The van der Waals surface area contributed by atoms with Gasteiger partial charge in [0.05, 0.1) is 12.2 Å². The Morgan fingerprint density at radius 3 is 2.67 bits per heavy atom. The Kier molecular flexibility index (Phi) is 3.40. The Morgan fingerprint density at radius 1 is 1.29 bits per heavy atom. The lowest BCUT2D eigenvalue weighted by atomic mass is 10.1. The average Bonchev–Trinajstić information content (AvgIpc) is 3.01. The first-order valence-electron chi connectivity index (χ1n) is 6.12. The van der Waals surface area contributed by atoms with Gasteiger partial charge in [0, 0.05) is 17.6 Å². The normalized spacial score (nSPS) is 17.4. The molecule has 0 saturated heterocycles. The third kappa shape index (κ3) is 2.76. The Balaban J connectivity index is 1.73. The number of thioether (sulfide) groups is 1. The predicted octanol–water partition coefficient (Wildman–Crippen LogP) is 2.90. The number of anilines is 1. The number of halogens is 3. The summed E-state index contributed by atoms with van der Waals surface area (Å²) in [6, 6.07) is 6.27. The molecule has 4 nitrogen and oxygen atoms in total. The van der Waals surface area contributed by atoms with Crippen molar-refractivity contribution in [2.24, 2.45) is 4.99 Å². The number of fused-ring (bicyclic) bond motifs is 1. The van der Waals surface area contributed by atoms with E-state index in [0.717, 1.165) is 29.5 Å². The number of hydrogen-bond donors (Lipinski definition) is 1. The molecule has 0 saturated carbocycles. The van der Waals surface area contributed by atoms with Crippen molar-refractivity contribution in [2.45, 2.75) is 6.18 Å². The number of nitrogens with one attached hydrogen (secondary N) is 1. The van der Waals surface area contributed by atoms with E-state index in [4.69, 9.17) is 0 Å². The monoisotopic (exact) mass is 313 g/mol. The summed E-state index contributed by atoms with van der Waals surface area (Å²) in [7, 11) is 0. The van der Waals surface area contributed by atoms with E-state index in [2.05, 4.69) is 9.89 Å². The van der Waals surface area contributed by atoms with Gasteiger partial charge in [-0.1, -0.05) is 23.9 Å². The van der Waals surface area contributed by atoms with Gasteiger partial charge in [-0.3, -0.25) is 9.79 Å². The second kappa shape index (κ2) is 5.10. The van der Waals surface area contributed by atoms with Crippen LogP contribution >= 0.6 is 11.8 Å². The van der Waals surface area contributed by atoms with Gasteiger partial charge in [0.1, 0.15) is 0 Å². The quantitative estimate of drug-likeness (QED) is 0.913. The van der Waals surface area contributed by atoms with Crippen LogP contribution in [0.4, 0.5) is 18.9 Å². The van der Waals surface area contributed by atoms with Crippen molar-refractivity contribution in [2.75, 3.05) is 18.4 Å². The van der Waals surface area contributed by atoms with E-state index in [-0.39, 0.29) is 5.69 Å². The molecular weight excluding hydrogens is 303 g/mol. The number of hydrogen-bond acceptors (Lipinski definition) is 4. The zero-order valence-electron chi connectivity index (χ0n) is 10.6. The molecule has 2 aliphatic heterocycles. The minimum Gasteiger partial charge on any atom is -0.318 e. The van der Waals surface area contributed by atoms with E-state index in [1.807, 2.05) is 10.7 Å². The first kappa shape index (κ1) is 14.0. The highest BCUT2D eigenvalue weighted by Gasteiger charge is 2.38. The van der Waals surface area contributed by atoms with Gasteiger partial charge in [0.2, 0.25) is 0 Å². The van der Waals surface area contributed by atoms with Crippen LogP contribution in [0.25, 0.3) is 5.70 Å². The zero-order valence-corrected chi connectivity index (χ0v) is 11.5. The maximum Gasteiger partial charge on any atom is 0.471 e. The van der Waals surface area contributed by atoms with E-state index in [9.17, 15) is 18.0 Å². The maximum atomic E-state index is 12.2. The summed E-state index contributed by atoms with van der Waals surface area (Å²) < 4.78 is 36.5. The second-order valence-corrected chi connectivity index (χ2v) is 5.30. The Labute approximate surface area is 122 Å². The number of alkyl halides is 3. The molecule has 0 bridgehead atoms. The summed E-state index contributed by atoms with van der Waals surface area (Å²) in [5, 5.41) is 4.72. The predicted molar refractivity (Wildman–Crippen MR) is 75.7 cm³/mol. The number of rotatable bonds is 2. The van der Waals surface area contributed by atoms with Gasteiger partial charge in [0.25, 0.3) is 0 Å². The molecule has 0 unspecified atom stereocenters. The van der Waals surface area contributed by atoms with Crippen LogP contribution in [0, 0.1) is 0 Å². The van der Waals surface area contributed by atoms with Gasteiger partial charge in [-0.15, -0.1) is 0 Å². The molecule has 1 N–H and O–H groups in total. The van der Waals surface area contributed by atoms with E-state index >= 15 is 0 Å². The third-order valence-electron chi connectivity index (χ3n) is 3.06. The second-order valence-electron chi connectivity index (χ2n) is 4.47. The van der Waals surface area contributed by atoms with Gasteiger partial charge < -0.3 is 10.2 Å². The summed E-state index contributed by atoms with van der Waals surface area (Å²) >= 11 is 1.53. The highest BCUT2D eigenvalue weighted by Crippen LogP contribution is 2.35. The van der Waals surface area contributed by atoms with Crippen LogP contribution in [0.5, 0.6) is 0 Å². The van der Waals surface area contributed by atoms with Crippen molar-refractivity contribution in [1.82, 2.24) is 4.90 Å². The summed E-state index contributed by atoms with van der Waals surface area (Å²) in [6.45, 7) is 1.56. The molecule has 2 aliphatic rings. The van der Waals surface area contributed by atoms with Crippen LogP contribution in [0.3, 0.4) is 0 Å². The summed E-state index contributed by atoms with van der Waals surface area (Å²) in [6.07, 6.45) is -4.88. The fourth-order valence-electron chi connectivity index (χ4n) is 2.07. The molecular formula is C13H10F3N3OS. The highest BCUT2D eigenvalue weighted by atomic mass is 32.2. The van der Waals surface area contributed by atoms with Crippen molar-refractivity contribution < 1.29 is 18.0 Å². The number of aliphatic imine (C=N–C) groups is 1. The Morgan fingerprint density at radius 2 is 2.00 bits per heavy atom. The van der Waals surface area contributed by atoms with Crippen molar-refractivity contribution in [3.8, 4) is 0 Å². The maximum absolute atomic E-state index is 12.2. The third-order valence-corrected chi connectivity index (χ3v) is 3.97. The number of carbonyl (C=O) groups is 1. The molecule has 21 heavy (non-hydrogen) atoms. The average molecular weight is 313 g/mol. The lowest BCUT2D eigenvalue weighted by Gasteiger charge is -2.17. The van der Waals surface area contributed by atoms with Crippen LogP contribution in [0.2, 0.25) is 0 Å². The molecule has 2 heterocycles. The van der Waals surface area contributed by atoms with Crippen molar-refractivity contribution in [1.29, 1.82) is 0 Å². The van der Waals surface area contributed by atoms with Gasteiger partial charge in [-0.25, -0.2) is 0 Å². The number of amides is 1. The SMILES string of the molecule is O=C(Nc1ccc(C2=CSC3=NCCN23)cc1)C(F)(F)F. The van der Waals surface area contributed by atoms with Crippen LogP contribution in [0.15, 0.2) is 34.7 Å². The Bertz CT molecular complexity index is 637. The zero-order chi connectivity index (χ0) is 15.0. The minimum absolute atomic E-state index is 0.114. The number of nitrogens with zero attached hydrogens (tertiary/aromatic N) is 2. The molecule has 0 aromatic heterocycles. The lowest BCUT2D eigenvalue weighted by Crippen LogP contribution is -2.29. The molecule has 0 fully saturated rings. The molecule has 1 aromatic rings. The molecule has 1 amide bonds. The van der Waals surface area contributed by atoms with Crippen LogP contribution < -0.4 is 5.32 Å². The topological polar surface area (TPSA) is 44.7 Å². The summed E-state index contributed by atoms with van der Waals surface area (Å²) in [5.74, 6) is -1.97. The molecule has 8 heteroatoms. The fraction of sp³-hybridized carbons (Fsp3) is 0.231.